The van der Waals surface area contributed by atoms with Gasteiger partial charge in [0, 0.05) is 5.56 Å². The van der Waals surface area contributed by atoms with Crippen LogP contribution in [0.15, 0.2) is 114 Å². The van der Waals surface area contributed by atoms with Gasteiger partial charge < -0.3 is 23.7 Å². The number of hydrogen-bond donors (Lipinski definition) is 1. The van der Waals surface area contributed by atoms with E-state index in [1.54, 1.807) is 55.5 Å². The highest BCUT2D eigenvalue weighted by Gasteiger charge is 2.17. The molecule has 0 unspecified atom stereocenters. The molecule has 0 bridgehead atoms. The first-order valence-electron chi connectivity index (χ1n) is 14.2. The number of carbonyl (C=O) groups excluding carboxylic acids is 2. The maximum Gasteiger partial charge on any atom is 0.343 e. The standard InChI is InChI=1S/C36H32N2O7/c1-24(44-29-17-15-28(16-18-29)43-23-25-9-5-4-6-10-25)35(39)38-37-22-31-30-12-8-7-11-26(30)13-19-32(31)45-36(40)27-14-20-33(41-2)34(21-27)42-3/h4-22,24H,23H2,1-3H3,(H,38,39)/b37-22-/t24-/m0/s1. The first-order valence-corrected chi connectivity index (χ1v) is 14.2. The Morgan fingerprint density at radius 2 is 1.47 bits per heavy atom. The zero-order valence-corrected chi connectivity index (χ0v) is 25.1. The van der Waals surface area contributed by atoms with Gasteiger partial charge in [-0.25, -0.2) is 10.2 Å². The molecular formula is C36H32N2O7. The molecule has 0 saturated carbocycles. The Kier molecular flexibility index (Phi) is 9.91. The summed E-state index contributed by atoms with van der Waals surface area (Å²) in [7, 11) is 3.01. The van der Waals surface area contributed by atoms with Gasteiger partial charge in [-0.05, 0) is 71.8 Å². The molecule has 228 valence electrons. The van der Waals surface area contributed by atoms with E-state index in [1.165, 1.54) is 20.4 Å². The van der Waals surface area contributed by atoms with Crippen LogP contribution in [0.5, 0.6) is 28.7 Å². The van der Waals surface area contributed by atoms with Crippen LogP contribution in [0.1, 0.15) is 28.4 Å². The van der Waals surface area contributed by atoms with Crippen molar-refractivity contribution in [3.63, 3.8) is 0 Å². The maximum atomic E-state index is 13.1. The molecule has 1 atom stereocenters. The zero-order valence-electron chi connectivity index (χ0n) is 25.1. The van der Waals surface area contributed by atoms with Crippen LogP contribution in [0.4, 0.5) is 0 Å². The maximum absolute atomic E-state index is 13.1. The van der Waals surface area contributed by atoms with Gasteiger partial charge in [0.1, 0.15) is 23.9 Å². The van der Waals surface area contributed by atoms with E-state index in [-0.39, 0.29) is 11.3 Å². The molecule has 0 aromatic heterocycles. The SMILES string of the molecule is COc1ccc(C(=O)Oc2ccc3ccccc3c2/C=N\NC(=O)[C@H](C)Oc2ccc(OCc3ccccc3)cc2)cc1OC. The molecule has 0 heterocycles. The molecule has 0 saturated heterocycles. The van der Waals surface area contributed by atoms with E-state index >= 15 is 0 Å². The summed E-state index contributed by atoms with van der Waals surface area (Å²) >= 11 is 0. The fourth-order valence-corrected chi connectivity index (χ4v) is 4.48. The number of esters is 1. The summed E-state index contributed by atoms with van der Waals surface area (Å²) in [5.41, 5.74) is 4.37. The van der Waals surface area contributed by atoms with Crippen LogP contribution in [0.25, 0.3) is 10.8 Å². The highest BCUT2D eigenvalue weighted by molar-refractivity contribution is 6.04. The third-order valence-electron chi connectivity index (χ3n) is 6.88. The lowest BCUT2D eigenvalue weighted by Crippen LogP contribution is -2.33. The van der Waals surface area contributed by atoms with Crippen molar-refractivity contribution in [3.05, 3.63) is 126 Å². The van der Waals surface area contributed by atoms with Crippen LogP contribution < -0.4 is 29.1 Å². The Bertz CT molecular complexity index is 1800. The number of ether oxygens (including phenoxy) is 5. The summed E-state index contributed by atoms with van der Waals surface area (Å²) < 4.78 is 27.9. The van der Waals surface area contributed by atoms with Crippen molar-refractivity contribution >= 4 is 28.9 Å². The third kappa shape index (κ3) is 7.77. The zero-order chi connectivity index (χ0) is 31.6. The van der Waals surface area contributed by atoms with Gasteiger partial charge in [-0.3, -0.25) is 4.79 Å². The summed E-state index contributed by atoms with van der Waals surface area (Å²) in [6.07, 6.45) is 0.608. The number of rotatable bonds is 12. The first kappa shape index (κ1) is 30.6. The summed E-state index contributed by atoms with van der Waals surface area (Å²) in [6.45, 7) is 2.07. The Morgan fingerprint density at radius 3 is 2.22 bits per heavy atom. The number of nitrogens with one attached hydrogen (secondary N) is 1. The van der Waals surface area contributed by atoms with Gasteiger partial charge >= 0.3 is 5.97 Å². The Labute approximate surface area is 261 Å². The minimum Gasteiger partial charge on any atom is -0.493 e. The first-order chi connectivity index (χ1) is 21.9. The molecule has 9 heteroatoms. The van der Waals surface area contributed by atoms with E-state index in [1.807, 2.05) is 60.7 Å². The van der Waals surface area contributed by atoms with Crippen LogP contribution in [-0.2, 0) is 11.4 Å². The third-order valence-corrected chi connectivity index (χ3v) is 6.88. The summed E-state index contributed by atoms with van der Waals surface area (Å²) in [6, 6.07) is 32.8. The lowest BCUT2D eigenvalue weighted by Gasteiger charge is -2.14. The van der Waals surface area contributed by atoms with Crippen molar-refractivity contribution < 1.29 is 33.3 Å². The Hall–Kier alpha value is -5.83. The predicted molar refractivity (Wildman–Crippen MR) is 171 cm³/mol. The van der Waals surface area contributed by atoms with E-state index in [4.69, 9.17) is 23.7 Å². The smallest absolute Gasteiger partial charge is 0.343 e. The molecule has 0 fully saturated rings. The average molecular weight is 605 g/mol. The second-order valence-electron chi connectivity index (χ2n) is 9.90. The van der Waals surface area contributed by atoms with Crippen molar-refractivity contribution in [2.24, 2.45) is 5.10 Å². The highest BCUT2D eigenvalue weighted by Crippen LogP contribution is 2.30. The number of hydrogen-bond acceptors (Lipinski definition) is 8. The summed E-state index contributed by atoms with van der Waals surface area (Å²) in [5.74, 6) is 1.30. The van der Waals surface area contributed by atoms with E-state index in [9.17, 15) is 9.59 Å². The number of benzene rings is 5. The van der Waals surface area contributed by atoms with E-state index in [0.29, 0.717) is 35.2 Å². The molecule has 0 aliphatic heterocycles. The normalized spacial score (nSPS) is 11.5. The van der Waals surface area contributed by atoms with Gasteiger partial charge in [0.05, 0.1) is 26.0 Å². The van der Waals surface area contributed by atoms with E-state index in [2.05, 4.69) is 10.5 Å². The van der Waals surface area contributed by atoms with Gasteiger partial charge in [0.25, 0.3) is 5.91 Å². The van der Waals surface area contributed by atoms with Crippen LogP contribution in [0, 0.1) is 0 Å². The Balaban J connectivity index is 1.24. The fourth-order valence-electron chi connectivity index (χ4n) is 4.48. The van der Waals surface area contributed by atoms with Gasteiger partial charge in [-0.15, -0.1) is 0 Å². The molecule has 0 radical (unpaired) electrons. The fraction of sp³-hybridized carbons (Fsp3) is 0.139. The number of carbonyl (C=O) groups is 2. The molecule has 1 amide bonds. The number of hydrazone groups is 1. The molecule has 0 spiro atoms. The van der Waals surface area contributed by atoms with Crippen molar-refractivity contribution in [1.82, 2.24) is 5.43 Å². The Morgan fingerprint density at radius 1 is 0.778 bits per heavy atom. The van der Waals surface area contributed by atoms with E-state index < -0.39 is 18.0 Å². The molecule has 9 nitrogen and oxygen atoms in total. The number of amides is 1. The van der Waals surface area contributed by atoms with Crippen LogP contribution in [0.3, 0.4) is 0 Å². The number of nitrogens with zero attached hydrogens (tertiary/aromatic N) is 1. The van der Waals surface area contributed by atoms with Gasteiger partial charge in [-0.1, -0.05) is 60.7 Å². The molecule has 0 aliphatic rings. The summed E-state index contributed by atoms with van der Waals surface area (Å²) in [4.78, 5) is 25.9. The average Bonchev–Trinajstić information content (AvgIpc) is 3.08. The minimum absolute atomic E-state index is 0.269. The summed E-state index contributed by atoms with van der Waals surface area (Å²) in [5, 5.41) is 5.85. The van der Waals surface area contributed by atoms with Crippen molar-refractivity contribution in [1.29, 1.82) is 0 Å². The molecule has 0 aliphatic carbocycles. The minimum atomic E-state index is -0.840. The molecule has 5 aromatic rings. The molecule has 5 rings (SSSR count). The predicted octanol–water partition coefficient (Wildman–Crippen LogP) is 6.57. The molecule has 5 aromatic carbocycles. The van der Waals surface area contributed by atoms with Gasteiger partial charge in [-0.2, -0.15) is 5.10 Å². The number of methoxy groups -OCH3 is 2. The molecule has 45 heavy (non-hydrogen) atoms. The molecular weight excluding hydrogens is 572 g/mol. The highest BCUT2D eigenvalue weighted by atomic mass is 16.5. The van der Waals surface area contributed by atoms with Crippen LogP contribution in [0.2, 0.25) is 0 Å². The quantitative estimate of drug-likeness (QED) is 0.0743. The van der Waals surface area contributed by atoms with Crippen LogP contribution >= 0.6 is 0 Å². The largest absolute Gasteiger partial charge is 0.493 e. The van der Waals surface area contributed by atoms with Crippen molar-refractivity contribution in [3.8, 4) is 28.7 Å². The second-order valence-corrected chi connectivity index (χ2v) is 9.90. The van der Waals surface area contributed by atoms with E-state index in [0.717, 1.165) is 16.3 Å². The molecule has 1 N–H and O–H groups in total. The lowest BCUT2D eigenvalue weighted by molar-refractivity contribution is -0.127. The van der Waals surface area contributed by atoms with Crippen molar-refractivity contribution in [2.75, 3.05) is 14.2 Å². The van der Waals surface area contributed by atoms with Gasteiger partial charge in [0.15, 0.2) is 17.6 Å². The lowest BCUT2D eigenvalue weighted by atomic mass is 10.0. The van der Waals surface area contributed by atoms with Crippen LogP contribution in [-0.4, -0.2) is 38.4 Å². The topological polar surface area (TPSA) is 105 Å². The second kappa shape index (κ2) is 14.6. The number of fused-ring (bicyclic) bond motifs is 1. The van der Waals surface area contributed by atoms with Crippen molar-refractivity contribution in [2.45, 2.75) is 19.6 Å². The monoisotopic (exact) mass is 604 g/mol. The van der Waals surface area contributed by atoms with Gasteiger partial charge in [0.2, 0.25) is 0 Å².